The molecule has 0 radical (unpaired) electrons. The molecule has 0 bridgehead atoms. The van der Waals surface area contributed by atoms with Crippen LogP contribution in [0.25, 0.3) is 0 Å². The fraction of sp³-hybridized carbons (Fsp3) is 0.333. The van der Waals surface area contributed by atoms with Crippen molar-refractivity contribution >= 4 is 27.7 Å². The molecule has 2 aromatic rings. The highest BCUT2D eigenvalue weighted by Gasteiger charge is 2.23. The van der Waals surface area contributed by atoms with Gasteiger partial charge in [-0.05, 0) is 60.7 Å². The maximum atomic E-state index is 14.1. The van der Waals surface area contributed by atoms with E-state index in [-0.39, 0.29) is 17.6 Å². The number of hydrogen-bond acceptors (Lipinski definition) is 3. The summed E-state index contributed by atoms with van der Waals surface area (Å²) in [4.78, 5) is 6.70. The van der Waals surface area contributed by atoms with Crippen LogP contribution < -0.4 is 0 Å². The van der Waals surface area contributed by atoms with Gasteiger partial charge in [0, 0.05) is 27.4 Å². The molecule has 1 saturated heterocycles. The molecule has 0 N–H and O–H groups in total. The Balaban J connectivity index is 1.86. The van der Waals surface area contributed by atoms with Crippen LogP contribution in [0.1, 0.15) is 24.3 Å². The second-order valence-electron chi connectivity index (χ2n) is 5.74. The summed E-state index contributed by atoms with van der Waals surface area (Å²) in [6, 6.07) is 9.78. The average molecular weight is 414 g/mol. The smallest absolute Gasteiger partial charge is 0.138 e. The van der Waals surface area contributed by atoms with Crippen LogP contribution in [0.5, 0.6) is 0 Å². The van der Waals surface area contributed by atoms with Gasteiger partial charge in [-0.3, -0.25) is 0 Å². The summed E-state index contributed by atoms with van der Waals surface area (Å²) < 4.78 is 28.6. The van der Waals surface area contributed by atoms with E-state index >= 15 is 0 Å². The summed E-state index contributed by atoms with van der Waals surface area (Å²) in [7, 11) is 1.67. The van der Waals surface area contributed by atoms with Crippen molar-refractivity contribution in [2.75, 3.05) is 20.2 Å². The molecular weight excluding hydrogens is 396 g/mol. The summed E-state index contributed by atoms with van der Waals surface area (Å²) in [5.41, 5.74) is 0.957. The van der Waals surface area contributed by atoms with Gasteiger partial charge in [0.15, 0.2) is 0 Å². The lowest BCUT2D eigenvalue weighted by atomic mass is 9.90. The third-order valence-corrected chi connectivity index (χ3v) is 5.87. The first-order chi connectivity index (χ1) is 11.6. The van der Waals surface area contributed by atoms with E-state index in [2.05, 4.69) is 15.9 Å². The Bertz CT molecular complexity index is 720. The van der Waals surface area contributed by atoms with Crippen LogP contribution in [-0.4, -0.2) is 25.3 Å². The van der Waals surface area contributed by atoms with Crippen LogP contribution in [0.15, 0.2) is 50.7 Å². The lowest BCUT2D eigenvalue weighted by Gasteiger charge is -2.31. The summed E-state index contributed by atoms with van der Waals surface area (Å²) >= 11 is 4.62. The van der Waals surface area contributed by atoms with E-state index in [9.17, 15) is 8.78 Å². The average Bonchev–Trinajstić information content (AvgIpc) is 2.59. The Morgan fingerprint density at radius 1 is 1.08 bits per heavy atom. The minimum Gasteiger partial charge on any atom is -0.302 e. The van der Waals surface area contributed by atoms with Crippen molar-refractivity contribution < 1.29 is 13.6 Å². The summed E-state index contributed by atoms with van der Waals surface area (Å²) in [5, 5.41) is 1.91. The van der Waals surface area contributed by atoms with Gasteiger partial charge in [0.25, 0.3) is 0 Å². The molecule has 1 aliphatic rings. The number of hydroxylamine groups is 2. The molecule has 1 fully saturated rings. The number of piperidine rings is 1. The van der Waals surface area contributed by atoms with Gasteiger partial charge < -0.3 is 4.84 Å². The number of rotatable bonds is 4. The third kappa shape index (κ3) is 4.17. The van der Waals surface area contributed by atoms with Gasteiger partial charge in [0.05, 0.1) is 7.11 Å². The van der Waals surface area contributed by atoms with Gasteiger partial charge in [-0.15, -0.1) is 0 Å². The Morgan fingerprint density at radius 2 is 1.79 bits per heavy atom. The minimum absolute atomic E-state index is 0.250. The standard InChI is InChI=1S/C18H18BrF2NOS/c1-23-22-8-6-12(7-9-22)15-11-14(20)3-5-17(15)24-18-4-2-13(19)10-16(18)21/h2-5,10-12H,6-9H2,1H3. The predicted molar refractivity (Wildman–Crippen MR) is 95.2 cm³/mol. The van der Waals surface area contributed by atoms with Crippen LogP contribution in [0.4, 0.5) is 8.78 Å². The molecule has 0 unspecified atom stereocenters. The number of benzene rings is 2. The lowest BCUT2D eigenvalue weighted by Crippen LogP contribution is -2.32. The quantitative estimate of drug-likeness (QED) is 0.645. The molecule has 24 heavy (non-hydrogen) atoms. The van der Waals surface area contributed by atoms with Crippen molar-refractivity contribution in [2.24, 2.45) is 0 Å². The zero-order valence-electron chi connectivity index (χ0n) is 13.3. The molecule has 128 valence electrons. The van der Waals surface area contributed by atoms with Crippen LogP contribution in [-0.2, 0) is 4.84 Å². The minimum atomic E-state index is -0.279. The summed E-state index contributed by atoms with van der Waals surface area (Å²) in [6.45, 7) is 1.63. The molecule has 2 nitrogen and oxygen atoms in total. The van der Waals surface area contributed by atoms with Crippen molar-refractivity contribution in [1.82, 2.24) is 5.06 Å². The fourth-order valence-corrected chi connectivity index (χ4v) is 4.30. The maximum Gasteiger partial charge on any atom is 0.138 e. The third-order valence-electron chi connectivity index (χ3n) is 4.24. The van der Waals surface area contributed by atoms with Crippen LogP contribution >= 0.6 is 27.7 Å². The first-order valence-electron chi connectivity index (χ1n) is 7.78. The zero-order valence-corrected chi connectivity index (χ0v) is 15.7. The SMILES string of the molecule is CON1CCC(c2cc(F)ccc2Sc2ccc(Br)cc2F)CC1. The molecule has 6 heteroatoms. The molecular formula is C18H18BrF2NOS. The van der Waals surface area contributed by atoms with Gasteiger partial charge >= 0.3 is 0 Å². The van der Waals surface area contributed by atoms with Crippen molar-refractivity contribution in [2.45, 2.75) is 28.6 Å². The van der Waals surface area contributed by atoms with E-state index in [0.717, 1.165) is 36.4 Å². The van der Waals surface area contributed by atoms with E-state index in [1.807, 2.05) is 11.1 Å². The molecule has 2 aromatic carbocycles. The van der Waals surface area contributed by atoms with Crippen molar-refractivity contribution in [3.05, 3.63) is 58.1 Å². The molecule has 1 aliphatic heterocycles. The molecule has 0 spiro atoms. The van der Waals surface area contributed by atoms with Crippen LogP contribution in [0.3, 0.4) is 0 Å². The zero-order chi connectivity index (χ0) is 17.1. The summed E-state index contributed by atoms with van der Waals surface area (Å²) in [6.07, 6.45) is 1.79. The second-order valence-corrected chi connectivity index (χ2v) is 7.74. The topological polar surface area (TPSA) is 12.5 Å². The van der Waals surface area contributed by atoms with Crippen molar-refractivity contribution in [1.29, 1.82) is 0 Å². The monoisotopic (exact) mass is 413 g/mol. The van der Waals surface area contributed by atoms with E-state index in [1.165, 1.54) is 23.9 Å². The first-order valence-corrected chi connectivity index (χ1v) is 9.39. The van der Waals surface area contributed by atoms with E-state index in [4.69, 9.17) is 4.84 Å². The van der Waals surface area contributed by atoms with Gasteiger partial charge in [0.2, 0.25) is 0 Å². The number of nitrogens with zero attached hydrogens (tertiary/aromatic N) is 1. The molecule has 0 aliphatic carbocycles. The fourth-order valence-electron chi connectivity index (χ4n) is 2.96. The Kier molecular flexibility index (Phi) is 5.92. The number of hydrogen-bond donors (Lipinski definition) is 0. The van der Waals surface area contributed by atoms with E-state index < -0.39 is 0 Å². The van der Waals surface area contributed by atoms with Crippen LogP contribution in [0.2, 0.25) is 0 Å². The maximum absolute atomic E-state index is 14.1. The van der Waals surface area contributed by atoms with E-state index in [0.29, 0.717) is 9.37 Å². The summed E-state index contributed by atoms with van der Waals surface area (Å²) in [5.74, 6) is -0.272. The molecule has 0 saturated carbocycles. The molecule has 3 rings (SSSR count). The van der Waals surface area contributed by atoms with E-state index in [1.54, 1.807) is 25.3 Å². The second kappa shape index (κ2) is 7.95. The Morgan fingerprint density at radius 3 is 2.46 bits per heavy atom. The van der Waals surface area contributed by atoms with Crippen molar-refractivity contribution in [3.8, 4) is 0 Å². The predicted octanol–water partition coefficient (Wildman–Crippen LogP) is 5.62. The number of halogens is 3. The highest BCUT2D eigenvalue weighted by atomic mass is 79.9. The first kappa shape index (κ1) is 17.9. The molecule has 0 amide bonds. The van der Waals surface area contributed by atoms with Crippen molar-refractivity contribution in [3.63, 3.8) is 0 Å². The molecule has 0 atom stereocenters. The normalized spacial score (nSPS) is 16.5. The lowest BCUT2D eigenvalue weighted by molar-refractivity contribution is -0.143. The Hall–Kier alpha value is -0.950. The largest absolute Gasteiger partial charge is 0.302 e. The molecule has 0 aromatic heterocycles. The van der Waals surface area contributed by atoms with Gasteiger partial charge in [-0.1, -0.05) is 27.7 Å². The highest BCUT2D eigenvalue weighted by molar-refractivity contribution is 9.10. The Labute approximate surface area is 153 Å². The van der Waals surface area contributed by atoms with Gasteiger partial charge in [0.1, 0.15) is 11.6 Å². The highest BCUT2D eigenvalue weighted by Crippen LogP contribution is 2.39. The van der Waals surface area contributed by atoms with Gasteiger partial charge in [-0.25, -0.2) is 8.78 Å². The van der Waals surface area contributed by atoms with Crippen LogP contribution in [0, 0.1) is 11.6 Å². The molecule has 1 heterocycles. The van der Waals surface area contributed by atoms with Gasteiger partial charge in [-0.2, -0.15) is 5.06 Å².